The zero-order valence-electron chi connectivity index (χ0n) is 13.0. The van der Waals surface area contributed by atoms with Crippen LogP contribution in [0.2, 0.25) is 0 Å². The summed E-state index contributed by atoms with van der Waals surface area (Å²) in [5.74, 6) is -3.53. The molecule has 0 bridgehead atoms. The van der Waals surface area contributed by atoms with E-state index in [2.05, 4.69) is 0 Å². The van der Waals surface area contributed by atoms with E-state index in [1.807, 2.05) is 0 Å². The smallest absolute Gasteiger partial charge is 0.326 e. The Hall–Kier alpha value is -3.42. The highest BCUT2D eigenvalue weighted by molar-refractivity contribution is 5.99. The fourth-order valence-electron chi connectivity index (χ4n) is 2.89. The van der Waals surface area contributed by atoms with E-state index < -0.39 is 28.7 Å². The van der Waals surface area contributed by atoms with Crippen LogP contribution in [0, 0.1) is 16.0 Å². The predicted octanol–water partition coefficient (Wildman–Crippen LogP) is 2.14. The van der Waals surface area contributed by atoms with Crippen LogP contribution in [-0.4, -0.2) is 29.1 Å². The molecule has 1 aliphatic rings. The van der Waals surface area contributed by atoms with Crippen molar-refractivity contribution in [2.24, 2.45) is 5.92 Å². The molecule has 8 nitrogen and oxygen atoms in total. The molecule has 2 aromatic rings. The fourth-order valence-corrected chi connectivity index (χ4v) is 2.89. The summed E-state index contributed by atoms with van der Waals surface area (Å²) in [7, 11) is 1.16. The van der Waals surface area contributed by atoms with Crippen LogP contribution in [0.3, 0.4) is 0 Å². The maximum Gasteiger partial charge on any atom is 0.326 e. The van der Waals surface area contributed by atoms with Crippen molar-refractivity contribution in [2.75, 3.05) is 7.11 Å². The second-order valence-corrected chi connectivity index (χ2v) is 5.47. The predicted molar refractivity (Wildman–Crippen MR) is 84.2 cm³/mol. The molecule has 0 aliphatic carbocycles. The van der Waals surface area contributed by atoms with Gasteiger partial charge in [-0.15, -0.1) is 0 Å². The molecule has 8 heteroatoms. The minimum atomic E-state index is -1.25. The number of rotatable bonds is 3. The number of non-ortho nitro benzene ring substituents is 1. The van der Waals surface area contributed by atoms with Crippen LogP contribution in [0.15, 0.2) is 42.5 Å². The van der Waals surface area contributed by atoms with E-state index in [1.54, 1.807) is 6.07 Å². The van der Waals surface area contributed by atoms with Crippen molar-refractivity contribution in [1.82, 2.24) is 0 Å². The molecule has 0 spiro atoms. The SMILES string of the molecule is COC(=O)C1C(=O)Oc2cc(O)ccc2C1c1ccc([N+](=O)[O-])cc1. The minimum Gasteiger partial charge on any atom is -0.508 e. The second kappa shape index (κ2) is 6.23. The molecule has 1 N–H and O–H groups in total. The number of carbonyl (C=O) groups is 2. The van der Waals surface area contributed by atoms with Gasteiger partial charge in [0.1, 0.15) is 11.5 Å². The third-order valence-corrected chi connectivity index (χ3v) is 4.05. The monoisotopic (exact) mass is 343 g/mol. The number of nitrogens with zero attached hydrogens (tertiary/aromatic N) is 1. The van der Waals surface area contributed by atoms with Gasteiger partial charge in [0.25, 0.3) is 5.69 Å². The van der Waals surface area contributed by atoms with E-state index in [9.17, 15) is 24.8 Å². The number of benzene rings is 2. The van der Waals surface area contributed by atoms with Crippen molar-refractivity contribution >= 4 is 17.6 Å². The quantitative estimate of drug-likeness (QED) is 0.298. The number of nitro groups is 1. The fraction of sp³-hybridized carbons (Fsp3) is 0.176. The average Bonchev–Trinajstić information content (AvgIpc) is 2.59. The molecule has 2 aromatic carbocycles. The molecule has 0 saturated carbocycles. The van der Waals surface area contributed by atoms with E-state index in [-0.39, 0.29) is 17.2 Å². The van der Waals surface area contributed by atoms with Crippen LogP contribution in [0.5, 0.6) is 11.5 Å². The van der Waals surface area contributed by atoms with Crippen molar-refractivity contribution in [2.45, 2.75) is 5.92 Å². The lowest BCUT2D eigenvalue weighted by atomic mass is 9.78. The number of carbonyl (C=O) groups excluding carboxylic acids is 2. The van der Waals surface area contributed by atoms with Gasteiger partial charge in [-0.25, -0.2) is 0 Å². The van der Waals surface area contributed by atoms with Gasteiger partial charge < -0.3 is 14.6 Å². The van der Waals surface area contributed by atoms with Crippen LogP contribution < -0.4 is 4.74 Å². The highest BCUT2D eigenvalue weighted by atomic mass is 16.6. The van der Waals surface area contributed by atoms with Gasteiger partial charge in [0.2, 0.25) is 0 Å². The van der Waals surface area contributed by atoms with Gasteiger partial charge in [0.05, 0.1) is 12.0 Å². The molecule has 0 radical (unpaired) electrons. The zero-order chi connectivity index (χ0) is 18.1. The lowest BCUT2D eigenvalue weighted by molar-refractivity contribution is -0.384. The number of methoxy groups -OCH3 is 1. The molecule has 1 heterocycles. The molecule has 0 saturated heterocycles. The van der Waals surface area contributed by atoms with Gasteiger partial charge in [-0.1, -0.05) is 18.2 Å². The Balaban J connectivity index is 2.15. The lowest BCUT2D eigenvalue weighted by Crippen LogP contribution is -2.38. The Morgan fingerprint density at radius 3 is 2.52 bits per heavy atom. The first-order valence-corrected chi connectivity index (χ1v) is 7.29. The van der Waals surface area contributed by atoms with Gasteiger partial charge in [-0.3, -0.25) is 19.7 Å². The standard InChI is InChI=1S/C17H13NO7/c1-24-16(20)15-14(9-2-4-10(5-3-9)18(22)23)12-7-6-11(19)8-13(12)25-17(15)21/h2-8,14-15,19H,1H3. The third-order valence-electron chi connectivity index (χ3n) is 4.05. The first-order chi connectivity index (χ1) is 11.9. The molecule has 1 aliphatic heterocycles. The third kappa shape index (κ3) is 2.89. The van der Waals surface area contributed by atoms with Crippen LogP contribution in [-0.2, 0) is 14.3 Å². The van der Waals surface area contributed by atoms with Crippen molar-refractivity contribution in [3.05, 3.63) is 63.7 Å². The lowest BCUT2D eigenvalue weighted by Gasteiger charge is -2.30. The minimum absolute atomic E-state index is 0.0921. The first-order valence-electron chi connectivity index (χ1n) is 7.29. The Kier molecular flexibility index (Phi) is 4.10. The molecule has 2 unspecified atom stereocenters. The topological polar surface area (TPSA) is 116 Å². The Morgan fingerprint density at radius 1 is 1.24 bits per heavy atom. The molecule has 3 rings (SSSR count). The highest BCUT2D eigenvalue weighted by Crippen LogP contribution is 2.44. The van der Waals surface area contributed by atoms with Gasteiger partial charge in [-0.05, 0) is 11.6 Å². The molecular weight excluding hydrogens is 330 g/mol. The van der Waals surface area contributed by atoms with Crippen LogP contribution in [0.25, 0.3) is 0 Å². The Bertz CT molecular complexity index is 860. The van der Waals surface area contributed by atoms with E-state index in [4.69, 9.17) is 9.47 Å². The highest BCUT2D eigenvalue weighted by Gasteiger charge is 2.44. The summed E-state index contributed by atoms with van der Waals surface area (Å²) in [6.45, 7) is 0. The molecule has 0 aromatic heterocycles. The summed E-state index contributed by atoms with van der Waals surface area (Å²) in [6, 6.07) is 9.78. The summed E-state index contributed by atoms with van der Waals surface area (Å²) in [6.07, 6.45) is 0. The maximum atomic E-state index is 12.3. The van der Waals surface area contributed by atoms with E-state index in [0.29, 0.717) is 11.1 Å². The molecule has 0 fully saturated rings. The molecule has 128 valence electrons. The van der Waals surface area contributed by atoms with E-state index in [0.717, 1.165) is 7.11 Å². The maximum absolute atomic E-state index is 12.3. The number of aromatic hydroxyl groups is 1. The number of phenols is 1. The zero-order valence-corrected chi connectivity index (χ0v) is 13.0. The van der Waals surface area contributed by atoms with Crippen LogP contribution >= 0.6 is 0 Å². The van der Waals surface area contributed by atoms with Crippen molar-refractivity contribution in [3.63, 3.8) is 0 Å². The molecule has 25 heavy (non-hydrogen) atoms. The van der Waals surface area contributed by atoms with Crippen molar-refractivity contribution in [3.8, 4) is 11.5 Å². The number of hydrogen-bond donors (Lipinski definition) is 1. The Labute approximate surface area is 141 Å². The normalized spacial score (nSPS) is 18.8. The summed E-state index contributed by atoms with van der Waals surface area (Å²) in [5.41, 5.74) is 0.911. The average molecular weight is 343 g/mol. The summed E-state index contributed by atoms with van der Waals surface area (Å²) in [5, 5.41) is 20.4. The summed E-state index contributed by atoms with van der Waals surface area (Å²) >= 11 is 0. The number of ether oxygens (including phenoxy) is 2. The number of phenolic OH excluding ortho intramolecular Hbond substituents is 1. The number of fused-ring (bicyclic) bond motifs is 1. The van der Waals surface area contributed by atoms with Crippen LogP contribution in [0.4, 0.5) is 5.69 Å². The number of esters is 2. The van der Waals surface area contributed by atoms with E-state index >= 15 is 0 Å². The summed E-state index contributed by atoms with van der Waals surface area (Å²) in [4.78, 5) is 34.7. The molecular formula is C17H13NO7. The van der Waals surface area contributed by atoms with Crippen LogP contribution in [0.1, 0.15) is 17.0 Å². The van der Waals surface area contributed by atoms with Crippen molar-refractivity contribution in [1.29, 1.82) is 0 Å². The summed E-state index contributed by atoms with van der Waals surface area (Å²) < 4.78 is 9.87. The van der Waals surface area contributed by atoms with Gasteiger partial charge in [-0.2, -0.15) is 0 Å². The van der Waals surface area contributed by atoms with Crippen molar-refractivity contribution < 1.29 is 29.1 Å². The van der Waals surface area contributed by atoms with E-state index in [1.165, 1.54) is 36.4 Å². The Morgan fingerprint density at radius 2 is 1.92 bits per heavy atom. The largest absolute Gasteiger partial charge is 0.508 e. The van der Waals surface area contributed by atoms with Gasteiger partial charge in [0, 0.05) is 29.7 Å². The first kappa shape index (κ1) is 16.4. The molecule has 2 atom stereocenters. The number of hydrogen-bond acceptors (Lipinski definition) is 7. The molecule has 0 amide bonds. The second-order valence-electron chi connectivity index (χ2n) is 5.47. The van der Waals surface area contributed by atoms with Gasteiger partial charge >= 0.3 is 11.9 Å². The van der Waals surface area contributed by atoms with Gasteiger partial charge in [0.15, 0.2) is 5.92 Å². The number of nitro benzene ring substituents is 1.